The van der Waals surface area contributed by atoms with E-state index in [-0.39, 0.29) is 17.3 Å². The molecule has 0 unspecified atom stereocenters. The predicted octanol–water partition coefficient (Wildman–Crippen LogP) is 1.47. The molecule has 1 aromatic rings. The van der Waals surface area contributed by atoms with Crippen LogP contribution >= 0.6 is 0 Å². The van der Waals surface area contributed by atoms with Gasteiger partial charge in [-0.15, -0.1) is 0 Å². The number of hydrogen-bond donors (Lipinski definition) is 1. The molecule has 0 radical (unpaired) electrons. The van der Waals surface area contributed by atoms with Gasteiger partial charge in [0.2, 0.25) is 5.91 Å². The van der Waals surface area contributed by atoms with E-state index in [0.29, 0.717) is 5.56 Å². The summed E-state index contributed by atoms with van der Waals surface area (Å²) in [5, 5.41) is 2.97. The molecule has 2 aliphatic rings. The van der Waals surface area contributed by atoms with E-state index in [1.807, 2.05) is 12.1 Å². The highest BCUT2D eigenvalue weighted by molar-refractivity contribution is 5.90. The molecule has 4 nitrogen and oxygen atoms in total. The van der Waals surface area contributed by atoms with Gasteiger partial charge >= 0.3 is 5.97 Å². The first kappa shape index (κ1) is 12.2. The van der Waals surface area contributed by atoms with E-state index < -0.39 is 0 Å². The Morgan fingerprint density at radius 2 is 2.11 bits per heavy atom. The number of rotatable bonds is 1. The van der Waals surface area contributed by atoms with Gasteiger partial charge in [-0.2, -0.15) is 0 Å². The fourth-order valence-corrected chi connectivity index (χ4v) is 3.27. The van der Waals surface area contributed by atoms with Crippen molar-refractivity contribution in [3.05, 3.63) is 34.9 Å². The molecule has 1 atom stereocenters. The molecular formula is C15H17NO3. The first-order valence-electron chi connectivity index (χ1n) is 6.63. The fourth-order valence-electron chi connectivity index (χ4n) is 3.27. The maximum atomic E-state index is 12.2. The average molecular weight is 259 g/mol. The fraction of sp³-hybridized carbons (Fsp3) is 0.467. The number of methoxy groups -OCH3 is 1. The van der Waals surface area contributed by atoms with E-state index >= 15 is 0 Å². The smallest absolute Gasteiger partial charge is 0.337 e. The molecule has 100 valence electrons. The number of benzene rings is 1. The van der Waals surface area contributed by atoms with Gasteiger partial charge in [-0.3, -0.25) is 4.79 Å². The normalized spacial score (nSPS) is 25.0. The molecule has 0 saturated carbocycles. The van der Waals surface area contributed by atoms with Crippen molar-refractivity contribution in [1.82, 2.24) is 5.32 Å². The third-order valence-corrected chi connectivity index (χ3v) is 4.28. The highest BCUT2D eigenvalue weighted by Crippen LogP contribution is 2.42. The summed E-state index contributed by atoms with van der Waals surface area (Å²) >= 11 is 0. The molecule has 1 aliphatic heterocycles. The van der Waals surface area contributed by atoms with Crippen LogP contribution in [0.4, 0.5) is 0 Å². The summed E-state index contributed by atoms with van der Waals surface area (Å²) in [5.74, 6) is -0.161. The topological polar surface area (TPSA) is 55.4 Å². The number of carbonyl (C=O) groups is 2. The molecule has 1 fully saturated rings. The maximum Gasteiger partial charge on any atom is 0.337 e. The van der Waals surface area contributed by atoms with Crippen LogP contribution < -0.4 is 5.32 Å². The van der Waals surface area contributed by atoms with E-state index in [4.69, 9.17) is 4.74 Å². The molecule has 1 heterocycles. The van der Waals surface area contributed by atoms with Crippen LogP contribution in [0.15, 0.2) is 18.2 Å². The third kappa shape index (κ3) is 1.91. The van der Waals surface area contributed by atoms with Crippen molar-refractivity contribution >= 4 is 11.9 Å². The molecule has 0 aromatic heterocycles. The first-order chi connectivity index (χ1) is 9.14. The van der Waals surface area contributed by atoms with Gasteiger partial charge in [-0.25, -0.2) is 4.79 Å². The lowest BCUT2D eigenvalue weighted by Crippen LogP contribution is -2.46. The zero-order valence-electron chi connectivity index (χ0n) is 11.0. The number of amides is 1. The summed E-state index contributed by atoms with van der Waals surface area (Å²) in [4.78, 5) is 23.7. The van der Waals surface area contributed by atoms with Crippen LogP contribution in [0.1, 0.15) is 34.3 Å². The van der Waals surface area contributed by atoms with Crippen LogP contribution in [-0.4, -0.2) is 25.5 Å². The van der Waals surface area contributed by atoms with Crippen molar-refractivity contribution in [2.24, 2.45) is 5.41 Å². The predicted molar refractivity (Wildman–Crippen MR) is 69.9 cm³/mol. The largest absolute Gasteiger partial charge is 0.465 e. The molecule has 1 saturated heterocycles. The average Bonchev–Trinajstić information content (AvgIpc) is 2.79. The van der Waals surface area contributed by atoms with E-state index in [1.165, 1.54) is 12.7 Å². The molecule has 1 aliphatic carbocycles. The van der Waals surface area contributed by atoms with Crippen molar-refractivity contribution in [3.8, 4) is 0 Å². The zero-order chi connectivity index (χ0) is 13.5. The number of piperidine rings is 1. The van der Waals surface area contributed by atoms with Gasteiger partial charge in [0.25, 0.3) is 0 Å². The molecule has 1 aromatic carbocycles. The Morgan fingerprint density at radius 1 is 1.32 bits per heavy atom. The van der Waals surface area contributed by atoms with Crippen LogP contribution in [0.3, 0.4) is 0 Å². The molecule has 3 rings (SSSR count). The van der Waals surface area contributed by atoms with E-state index in [0.717, 1.165) is 37.8 Å². The van der Waals surface area contributed by atoms with Gasteiger partial charge in [-0.05, 0) is 48.9 Å². The molecule has 4 heteroatoms. The van der Waals surface area contributed by atoms with Crippen molar-refractivity contribution in [2.45, 2.75) is 25.7 Å². The number of fused-ring (bicyclic) bond motifs is 1. The molecule has 1 spiro atoms. The summed E-state index contributed by atoms with van der Waals surface area (Å²) in [6, 6.07) is 5.61. The second kappa shape index (κ2) is 4.37. The molecule has 0 bridgehead atoms. The molecule has 19 heavy (non-hydrogen) atoms. The second-order valence-electron chi connectivity index (χ2n) is 5.47. The van der Waals surface area contributed by atoms with Crippen LogP contribution in [-0.2, 0) is 22.4 Å². The lowest BCUT2D eigenvalue weighted by atomic mass is 9.77. The highest BCUT2D eigenvalue weighted by atomic mass is 16.5. The summed E-state index contributed by atoms with van der Waals surface area (Å²) < 4.78 is 4.74. The van der Waals surface area contributed by atoms with Gasteiger partial charge in [0.05, 0.1) is 18.1 Å². The van der Waals surface area contributed by atoms with E-state index in [2.05, 4.69) is 5.32 Å². The van der Waals surface area contributed by atoms with Crippen LogP contribution in [0.5, 0.6) is 0 Å². The van der Waals surface area contributed by atoms with Crippen molar-refractivity contribution in [1.29, 1.82) is 0 Å². The lowest BCUT2D eigenvalue weighted by Gasteiger charge is -2.31. The molecule has 1 amide bonds. The second-order valence-corrected chi connectivity index (χ2v) is 5.47. The molecule has 1 N–H and O–H groups in total. The van der Waals surface area contributed by atoms with Crippen molar-refractivity contribution in [3.63, 3.8) is 0 Å². The van der Waals surface area contributed by atoms with E-state index in [9.17, 15) is 9.59 Å². The quantitative estimate of drug-likeness (QED) is 0.777. The Labute approximate surface area is 112 Å². The van der Waals surface area contributed by atoms with Gasteiger partial charge in [-0.1, -0.05) is 6.07 Å². The number of nitrogens with one attached hydrogen (secondary N) is 1. The molecular weight excluding hydrogens is 242 g/mol. The van der Waals surface area contributed by atoms with Gasteiger partial charge in [0, 0.05) is 6.54 Å². The van der Waals surface area contributed by atoms with E-state index in [1.54, 1.807) is 6.07 Å². The van der Waals surface area contributed by atoms with Crippen molar-refractivity contribution < 1.29 is 14.3 Å². The van der Waals surface area contributed by atoms with Gasteiger partial charge in [0.1, 0.15) is 0 Å². The SMILES string of the molecule is COC(=O)c1ccc2c(c1)C[C@@]1(CCCNC1=O)C2. The highest BCUT2D eigenvalue weighted by Gasteiger charge is 2.44. The Balaban J connectivity index is 1.91. The van der Waals surface area contributed by atoms with Crippen LogP contribution in [0, 0.1) is 5.41 Å². The number of ether oxygens (including phenoxy) is 1. The van der Waals surface area contributed by atoms with Gasteiger partial charge < -0.3 is 10.1 Å². The summed E-state index contributed by atoms with van der Waals surface area (Å²) in [5.41, 5.74) is 2.58. The summed E-state index contributed by atoms with van der Waals surface area (Å²) in [6.45, 7) is 0.782. The van der Waals surface area contributed by atoms with Gasteiger partial charge in [0.15, 0.2) is 0 Å². The Bertz CT molecular complexity index is 552. The monoisotopic (exact) mass is 259 g/mol. The van der Waals surface area contributed by atoms with Crippen LogP contribution in [0.2, 0.25) is 0 Å². The first-order valence-corrected chi connectivity index (χ1v) is 6.63. The maximum absolute atomic E-state index is 12.2. The minimum Gasteiger partial charge on any atom is -0.465 e. The summed E-state index contributed by atoms with van der Waals surface area (Å²) in [7, 11) is 1.38. The van der Waals surface area contributed by atoms with Crippen molar-refractivity contribution in [2.75, 3.05) is 13.7 Å². The number of carbonyl (C=O) groups excluding carboxylic acids is 2. The van der Waals surface area contributed by atoms with Crippen LogP contribution in [0.25, 0.3) is 0 Å². The Kier molecular flexibility index (Phi) is 2.81. The minimum atomic E-state index is -0.322. The minimum absolute atomic E-state index is 0.162. The zero-order valence-corrected chi connectivity index (χ0v) is 11.0. The standard InChI is InChI=1S/C15H17NO3/c1-19-13(17)10-3-4-11-8-15(9-12(11)7-10)5-2-6-16-14(15)18/h3-4,7H,2,5-6,8-9H2,1H3,(H,16,18)/t15-/m1/s1. The lowest BCUT2D eigenvalue weighted by molar-refractivity contribution is -0.133. The Hall–Kier alpha value is -1.84. The number of hydrogen-bond acceptors (Lipinski definition) is 3. The summed E-state index contributed by atoms with van der Waals surface area (Å²) in [6.07, 6.45) is 3.49. The Morgan fingerprint density at radius 3 is 2.84 bits per heavy atom. The number of esters is 1. The third-order valence-electron chi connectivity index (χ3n) is 4.28.